The van der Waals surface area contributed by atoms with Crippen LogP contribution in [0.2, 0.25) is 0 Å². The minimum atomic E-state index is -0.304. The van der Waals surface area contributed by atoms with E-state index in [9.17, 15) is 4.39 Å². The van der Waals surface area contributed by atoms with Gasteiger partial charge in [0.15, 0.2) is 5.96 Å². The lowest BCUT2D eigenvalue weighted by molar-refractivity contribution is 0.615. The molecule has 3 rings (SSSR count). The van der Waals surface area contributed by atoms with Crippen molar-refractivity contribution in [1.82, 2.24) is 25.2 Å². The van der Waals surface area contributed by atoms with E-state index in [1.54, 1.807) is 35.6 Å². The standard InChI is InChI=1S/C19H21FN6.HI/c1-2-22-19(25-13-16-5-3-4-8-23-16)24-12-15-6-7-18(17(20)11-15)26-10-9-21-14-26;/h3-11,14H,2,12-13H2,1H3,(H2,22,24,25);1H. The highest BCUT2D eigenvalue weighted by atomic mass is 127. The maximum atomic E-state index is 14.3. The summed E-state index contributed by atoms with van der Waals surface area (Å²) in [6.45, 7) is 3.68. The van der Waals surface area contributed by atoms with E-state index in [1.807, 2.05) is 31.2 Å². The zero-order valence-electron chi connectivity index (χ0n) is 15.0. The molecule has 1 aromatic carbocycles. The molecule has 0 radical (unpaired) electrons. The number of rotatable bonds is 6. The molecule has 8 heteroatoms. The van der Waals surface area contributed by atoms with Gasteiger partial charge >= 0.3 is 0 Å². The average molecular weight is 480 g/mol. The van der Waals surface area contributed by atoms with Crippen molar-refractivity contribution in [3.05, 3.63) is 78.4 Å². The Balaban J connectivity index is 0.00000261. The normalized spacial score (nSPS) is 11.0. The number of aliphatic imine (C=N–C) groups is 1. The topological polar surface area (TPSA) is 67.1 Å². The summed E-state index contributed by atoms with van der Waals surface area (Å²) >= 11 is 0. The van der Waals surface area contributed by atoms with Crippen molar-refractivity contribution in [3.8, 4) is 5.69 Å². The molecule has 27 heavy (non-hydrogen) atoms. The van der Waals surface area contributed by atoms with Gasteiger partial charge in [-0.05, 0) is 36.8 Å². The van der Waals surface area contributed by atoms with Crippen LogP contribution in [-0.2, 0) is 13.1 Å². The number of nitrogens with one attached hydrogen (secondary N) is 2. The molecule has 0 aliphatic heterocycles. The third kappa shape index (κ3) is 6.02. The molecule has 2 aromatic heterocycles. The monoisotopic (exact) mass is 480 g/mol. The summed E-state index contributed by atoms with van der Waals surface area (Å²) in [4.78, 5) is 12.7. The van der Waals surface area contributed by atoms with Gasteiger partial charge in [0.1, 0.15) is 5.82 Å². The summed E-state index contributed by atoms with van der Waals surface area (Å²) < 4.78 is 16.0. The second kappa shape index (κ2) is 10.6. The fourth-order valence-corrected chi connectivity index (χ4v) is 2.45. The smallest absolute Gasteiger partial charge is 0.191 e. The first-order valence-electron chi connectivity index (χ1n) is 8.45. The first kappa shape index (κ1) is 20.8. The Morgan fingerprint density at radius 2 is 2.07 bits per heavy atom. The SMILES string of the molecule is CCNC(=NCc1ccc(-n2ccnc2)c(F)c1)NCc1ccccn1.I. The molecule has 0 aliphatic rings. The predicted molar refractivity (Wildman–Crippen MR) is 115 cm³/mol. The fourth-order valence-electron chi connectivity index (χ4n) is 2.45. The maximum absolute atomic E-state index is 14.3. The number of nitrogens with zero attached hydrogens (tertiary/aromatic N) is 4. The molecule has 0 saturated carbocycles. The Bertz CT molecular complexity index is 852. The van der Waals surface area contributed by atoms with E-state index in [0.29, 0.717) is 24.7 Å². The average Bonchev–Trinajstić information content (AvgIpc) is 3.19. The van der Waals surface area contributed by atoms with E-state index in [-0.39, 0.29) is 29.8 Å². The number of aromatic nitrogens is 3. The Morgan fingerprint density at radius 1 is 1.19 bits per heavy atom. The first-order valence-corrected chi connectivity index (χ1v) is 8.45. The van der Waals surface area contributed by atoms with Crippen LogP contribution in [0.1, 0.15) is 18.2 Å². The number of benzene rings is 1. The van der Waals surface area contributed by atoms with Gasteiger partial charge in [0, 0.05) is 25.1 Å². The lowest BCUT2D eigenvalue weighted by Crippen LogP contribution is -2.37. The highest BCUT2D eigenvalue weighted by Gasteiger charge is 2.06. The molecule has 0 spiro atoms. The number of hydrogen-bond donors (Lipinski definition) is 2. The lowest BCUT2D eigenvalue weighted by atomic mass is 10.2. The van der Waals surface area contributed by atoms with Gasteiger partial charge in [-0.15, -0.1) is 24.0 Å². The van der Waals surface area contributed by atoms with Crippen molar-refractivity contribution in [2.75, 3.05) is 6.54 Å². The Morgan fingerprint density at radius 3 is 2.74 bits per heavy atom. The molecule has 0 amide bonds. The van der Waals surface area contributed by atoms with Crippen molar-refractivity contribution >= 4 is 29.9 Å². The summed E-state index contributed by atoms with van der Waals surface area (Å²) in [5.74, 6) is 0.361. The molecular formula is C19H22FIN6. The first-order chi connectivity index (χ1) is 12.8. The van der Waals surface area contributed by atoms with Crippen molar-refractivity contribution in [2.24, 2.45) is 4.99 Å². The number of guanidine groups is 1. The van der Waals surface area contributed by atoms with Gasteiger partial charge in [0.25, 0.3) is 0 Å². The summed E-state index contributed by atoms with van der Waals surface area (Å²) in [6.07, 6.45) is 6.65. The molecule has 2 N–H and O–H groups in total. The zero-order chi connectivity index (χ0) is 18.2. The van der Waals surface area contributed by atoms with Gasteiger partial charge < -0.3 is 15.2 Å². The molecular weight excluding hydrogens is 458 g/mol. The van der Waals surface area contributed by atoms with E-state index >= 15 is 0 Å². The molecule has 0 saturated heterocycles. The second-order valence-corrected chi connectivity index (χ2v) is 5.63. The van der Waals surface area contributed by atoms with Gasteiger partial charge in [-0.2, -0.15) is 0 Å². The van der Waals surface area contributed by atoms with Gasteiger partial charge in [-0.3, -0.25) is 4.98 Å². The van der Waals surface area contributed by atoms with Crippen LogP contribution in [0.3, 0.4) is 0 Å². The minimum Gasteiger partial charge on any atom is -0.357 e. The van der Waals surface area contributed by atoms with E-state index in [2.05, 4.69) is 25.6 Å². The summed E-state index contributed by atoms with van der Waals surface area (Å²) in [7, 11) is 0. The van der Waals surface area contributed by atoms with Crippen molar-refractivity contribution < 1.29 is 4.39 Å². The highest BCUT2D eigenvalue weighted by Crippen LogP contribution is 2.15. The largest absolute Gasteiger partial charge is 0.357 e. The van der Waals surface area contributed by atoms with E-state index < -0.39 is 0 Å². The molecule has 6 nitrogen and oxygen atoms in total. The fraction of sp³-hybridized carbons (Fsp3) is 0.211. The van der Waals surface area contributed by atoms with Crippen LogP contribution in [-0.4, -0.2) is 27.0 Å². The zero-order valence-corrected chi connectivity index (χ0v) is 17.3. The van der Waals surface area contributed by atoms with Crippen LogP contribution in [0.5, 0.6) is 0 Å². The summed E-state index contributed by atoms with van der Waals surface area (Å²) in [5.41, 5.74) is 2.19. The quantitative estimate of drug-likeness (QED) is 0.323. The number of imidazole rings is 1. The molecule has 0 fully saturated rings. The molecule has 0 atom stereocenters. The third-order valence-electron chi connectivity index (χ3n) is 3.72. The van der Waals surface area contributed by atoms with Crippen molar-refractivity contribution in [3.63, 3.8) is 0 Å². The molecule has 0 aliphatic carbocycles. The Labute approximate surface area is 175 Å². The molecule has 0 bridgehead atoms. The van der Waals surface area contributed by atoms with Crippen LogP contribution in [0.25, 0.3) is 5.69 Å². The van der Waals surface area contributed by atoms with E-state index in [0.717, 1.165) is 17.8 Å². The second-order valence-electron chi connectivity index (χ2n) is 5.63. The van der Waals surface area contributed by atoms with E-state index in [1.165, 1.54) is 6.07 Å². The molecule has 2 heterocycles. The highest BCUT2D eigenvalue weighted by molar-refractivity contribution is 14.0. The molecule has 3 aromatic rings. The number of pyridine rings is 1. The van der Waals surface area contributed by atoms with Crippen molar-refractivity contribution in [2.45, 2.75) is 20.0 Å². The van der Waals surface area contributed by atoms with Crippen LogP contribution < -0.4 is 10.6 Å². The van der Waals surface area contributed by atoms with Crippen LogP contribution >= 0.6 is 24.0 Å². The Hall–Kier alpha value is -2.49. The maximum Gasteiger partial charge on any atom is 0.191 e. The van der Waals surface area contributed by atoms with Crippen LogP contribution in [0, 0.1) is 5.82 Å². The summed E-state index contributed by atoms with van der Waals surface area (Å²) in [6, 6.07) is 10.9. The van der Waals surface area contributed by atoms with Crippen LogP contribution in [0.4, 0.5) is 4.39 Å². The van der Waals surface area contributed by atoms with Gasteiger partial charge in [-0.1, -0.05) is 12.1 Å². The molecule has 0 unspecified atom stereocenters. The van der Waals surface area contributed by atoms with Gasteiger partial charge in [0.2, 0.25) is 0 Å². The summed E-state index contributed by atoms with van der Waals surface area (Å²) in [5, 5.41) is 6.40. The minimum absolute atomic E-state index is 0. The Kier molecular flexibility index (Phi) is 8.18. The molecule has 142 valence electrons. The van der Waals surface area contributed by atoms with E-state index in [4.69, 9.17) is 0 Å². The lowest BCUT2D eigenvalue weighted by Gasteiger charge is -2.11. The van der Waals surface area contributed by atoms with Crippen LogP contribution in [0.15, 0.2) is 66.3 Å². The number of halogens is 2. The van der Waals surface area contributed by atoms with Crippen molar-refractivity contribution in [1.29, 1.82) is 0 Å². The predicted octanol–water partition coefficient (Wildman–Crippen LogP) is 3.28. The van der Waals surface area contributed by atoms with Gasteiger partial charge in [0.05, 0.1) is 30.8 Å². The third-order valence-corrected chi connectivity index (χ3v) is 3.72. The number of hydrogen-bond acceptors (Lipinski definition) is 3. The van der Waals surface area contributed by atoms with Gasteiger partial charge in [-0.25, -0.2) is 14.4 Å².